The van der Waals surface area contributed by atoms with Gasteiger partial charge in [0, 0.05) is 22.7 Å². The highest BCUT2D eigenvalue weighted by Crippen LogP contribution is 2.42. The van der Waals surface area contributed by atoms with Crippen LogP contribution < -0.4 is 9.47 Å². The molecule has 0 radical (unpaired) electrons. The quantitative estimate of drug-likeness (QED) is 0.154. The summed E-state index contributed by atoms with van der Waals surface area (Å²) in [5.41, 5.74) is 1.79. The molecule has 0 bridgehead atoms. The average molecular weight is 577 g/mol. The highest BCUT2D eigenvalue weighted by atomic mass is 32.1. The van der Waals surface area contributed by atoms with Crippen molar-refractivity contribution in [1.29, 1.82) is 0 Å². The van der Waals surface area contributed by atoms with Crippen molar-refractivity contribution >= 4 is 57.0 Å². The summed E-state index contributed by atoms with van der Waals surface area (Å²) in [4.78, 5) is 56.4. The number of H-pyrrole nitrogens is 1. The highest BCUT2D eigenvalue weighted by Gasteiger charge is 2.30. The zero-order valence-electron chi connectivity index (χ0n) is 22.3. The molecule has 1 N–H and O–H groups in total. The van der Waals surface area contributed by atoms with E-state index in [1.165, 1.54) is 23.5 Å². The number of hydrogen-bond acceptors (Lipinski definition) is 8. The molecule has 4 aromatic rings. The Labute approximate surface area is 239 Å². The van der Waals surface area contributed by atoms with Crippen molar-refractivity contribution in [2.75, 3.05) is 0 Å². The Kier molecular flexibility index (Phi) is 7.66. The molecule has 2 fully saturated rings. The van der Waals surface area contributed by atoms with Crippen LogP contribution in [0.5, 0.6) is 11.5 Å². The summed E-state index contributed by atoms with van der Waals surface area (Å²) >= 11 is 1.28. The van der Waals surface area contributed by atoms with Crippen molar-refractivity contribution < 1.29 is 33.0 Å². The van der Waals surface area contributed by atoms with Gasteiger partial charge in [0.25, 0.3) is 0 Å². The maximum atomic E-state index is 13.8. The van der Waals surface area contributed by atoms with Gasteiger partial charge in [-0.05, 0) is 87.8 Å². The summed E-state index contributed by atoms with van der Waals surface area (Å²) in [5, 5.41) is 1.25. The van der Waals surface area contributed by atoms with Crippen molar-refractivity contribution in [2.24, 2.45) is 23.7 Å². The fraction of sp³-hybridized carbons (Fsp3) is 0.387. The van der Waals surface area contributed by atoms with E-state index in [2.05, 4.69) is 4.98 Å². The van der Waals surface area contributed by atoms with Gasteiger partial charge in [-0.25, -0.2) is 9.37 Å². The number of fused-ring (bicyclic) bond motifs is 2. The first-order valence-corrected chi connectivity index (χ1v) is 14.8. The molecule has 2 aromatic heterocycles. The largest absolute Gasteiger partial charge is 0.425 e. The average Bonchev–Trinajstić information content (AvgIpc) is 3.63. The normalized spacial score (nSPS) is 22.9. The molecule has 0 saturated heterocycles. The van der Waals surface area contributed by atoms with Crippen LogP contribution in [-0.4, -0.2) is 34.5 Å². The van der Waals surface area contributed by atoms with Crippen molar-refractivity contribution in [3.05, 3.63) is 42.2 Å². The number of thiazole rings is 1. The molecule has 8 nitrogen and oxygen atoms in total. The maximum Gasteiger partial charge on any atom is 0.314 e. The van der Waals surface area contributed by atoms with E-state index in [0.29, 0.717) is 83.4 Å². The number of nitrogens with one attached hydrogen (secondary N) is 1. The number of aromatic nitrogens is 2. The summed E-state index contributed by atoms with van der Waals surface area (Å²) in [6, 6.07) is 9.47. The minimum absolute atomic E-state index is 0.0120. The van der Waals surface area contributed by atoms with Crippen LogP contribution in [0.25, 0.3) is 31.8 Å². The molecule has 2 aliphatic rings. The van der Waals surface area contributed by atoms with Crippen molar-refractivity contribution in [3.63, 3.8) is 0 Å². The number of hydrogen-bond donors (Lipinski definition) is 1. The van der Waals surface area contributed by atoms with E-state index < -0.39 is 0 Å². The second-order valence-corrected chi connectivity index (χ2v) is 12.0. The van der Waals surface area contributed by atoms with E-state index in [1.54, 1.807) is 24.3 Å². The van der Waals surface area contributed by atoms with Crippen LogP contribution in [0.1, 0.15) is 51.4 Å². The number of esters is 2. The van der Waals surface area contributed by atoms with Crippen LogP contribution in [0.3, 0.4) is 0 Å². The van der Waals surface area contributed by atoms with Gasteiger partial charge in [0.05, 0.1) is 17.5 Å². The van der Waals surface area contributed by atoms with Gasteiger partial charge in [-0.1, -0.05) is 0 Å². The van der Waals surface area contributed by atoms with Gasteiger partial charge in [-0.15, -0.1) is 11.3 Å². The van der Waals surface area contributed by atoms with Crippen LogP contribution in [0.15, 0.2) is 36.4 Å². The predicted molar refractivity (Wildman–Crippen MR) is 151 cm³/mol. The Hall–Kier alpha value is -3.92. The zero-order chi connectivity index (χ0) is 28.5. The van der Waals surface area contributed by atoms with Crippen molar-refractivity contribution in [3.8, 4) is 22.2 Å². The molecule has 6 rings (SSSR count). The molecular formula is C31H29FN2O6S. The third-order valence-corrected chi connectivity index (χ3v) is 9.40. The van der Waals surface area contributed by atoms with Gasteiger partial charge < -0.3 is 24.0 Å². The summed E-state index contributed by atoms with van der Waals surface area (Å²) in [6.07, 6.45) is 6.89. The van der Waals surface area contributed by atoms with Crippen LogP contribution in [-0.2, 0) is 19.2 Å². The van der Waals surface area contributed by atoms with Gasteiger partial charge in [0.2, 0.25) is 0 Å². The van der Waals surface area contributed by atoms with Gasteiger partial charge >= 0.3 is 11.9 Å². The molecule has 2 aliphatic carbocycles. The van der Waals surface area contributed by atoms with Crippen LogP contribution in [0.4, 0.5) is 4.39 Å². The first kappa shape index (κ1) is 27.3. The Morgan fingerprint density at radius 2 is 1.41 bits per heavy atom. The summed E-state index contributed by atoms with van der Waals surface area (Å²) < 4.78 is 26.1. The van der Waals surface area contributed by atoms with Gasteiger partial charge in [-0.2, -0.15) is 0 Å². The molecule has 10 heteroatoms. The molecule has 0 spiro atoms. The predicted octanol–water partition coefficient (Wildman–Crippen LogP) is 6.41. The lowest BCUT2D eigenvalue weighted by Gasteiger charge is -2.24. The SMILES string of the molecule is O=CC1CCC(C(=O)Oc2ccc(OC(=O)C3CCC(C=O)CC3)c3sc(-c4cc5cc(F)ccc5[nH]4)nc23)CC1. The Bertz CT molecular complexity index is 1550. The number of halogens is 1. The molecule has 212 valence electrons. The van der Waals surface area contributed by atoms with E-state index in [9.17, 15) is 23.6 Å². The number of carbonyl (C=O) groups excluding carboxylic acids is 4. The molecule has 0 amide bonds. The lowest BCUT2D eigenvalue weighted by atomic mass is 9.83. The minimum Gasteiger partial charge on any atom is -0.425 e. The molecule has 0 atom stereocenters. The number of aldehydes is 2. The summed E-state index contributed by atoms with van der Waals surface area (Å²) in [5.74, 6) is -1.12. The standard InChI is InChI=1S/C31H29FN2O6S/c32-22-9-10-23-21(13-22)14-24(33-23)29-34-27-25(39-30(37)19-5-1-17(15-35)2-6-19)11-12-26(28(27)41-29)40-31(38)20-7-3-18(16-36)4-8-20/h9-20,33H,1-8H2. The number of ether oxygens (including phenoxy) is 2. The molecule has 0 unspecified atom stereocenters. The molecular weight excluding hydrogens is 547 g/mol. The zero-order valence-corrected chi connectivity index (χ0v) is 23.1. The van der Waals surface area contributed by atoms with Crippen LogP contribution in [0.2, 0.25) is 0 Å². The number of carbonyl (C=O) groups is 4. The summed E-state index contributed by atoms with van der Waals surface area (Å²) in [6.45, 7) is 0. The van der Waals surface area contributed by atoms with E-state index in [1.807, 2.05) is 0 Å². The Morgan fingerprint density at radius 1 is 0.829 bits per heavy atom. The maximum absolute atomic E-state index is 13.8. The van der Waals surface area contributed by atoms with E-state index in [0.717, 1.165) is 18.1 Å². The third-order valence-electron chi connectivity index (χ3n) is 8.30. The van der Waals surface area contributed by atoms with Gasteiger partial charge in [0.1, 0.15) is 33.6 Å². The lowest BCUT2D eigenvalue weighted by Crippen LogP contribution is -2.26. The monoisotopic (exact) mass is 576 g/mol. The number of benzene rings is 2. The Balaban J connectivity index is 1.31. The van der Waals surface area contributed by atoms with Crippen molar-refractivity contribution in [1.82, 2.24) is 9.97 Å². The van der Waals surface area contributed by atoms with E-state index in [4.69, 9.17) is 14.5 Å². The smallest absolute Gasteiger partial charge is 0.314 e. The molecule has 2 heterocycles. The first-order valence-electron chi connectivity index (χ1n) is 14.0. The number of rotatable bonds is 7. The number of nitrogens with zero attached hydrogens (tertiary/aromatic N) is 1. The second-order valence-electron chi connectivity index (χ2n) is 11.0. The highest BCUT2D eigenvalue weighted by molar-refractivity contribution is 7.22. The van der Waals surface area contributed by atoms with Gasteiger partial charge in [0.15, 0.2) is 11.5 Å². The minimum atomic E-state index is -0.372. The third kappa shape index (κ3) is 5.66. The topological polar surface area (TPSA) is 115 Å². The molecule has 2 saturated carbocycles. The Morgan fingerprint density at radius 3 is 2.02 bits per heavy atom. The van der Waals surface area contributed by atoms with E-state index in [-0.39, 0.29) is 47.2 Å². The van der Waals surface area contributed by atoms with Crippen molar-refractivity contribution in [2.45, 2.75) is 51.4 Å². The second kappa shape index (κ2) is 11.5. The summed E-state index contributed by atoms with van der Waals surface area (Å²) in [7, 11) is 0. The fourth-order valence-electron chi connectivity index (χ4n) is 5.82. The number of aromatic amines is 1. The van der Waals surface area contributed by atoms with Crippen LogP contribution >= 0.6 is 11.3 Å². The van der Waals surface area contributed by atoms with Crippen LogP contribution in [0, 0.1) is 29.5 Å². The fourth-order valence-corrected chi connectivity index (χ4v) is 6.83. The van der Waals surface area contributed by atoms with Gasteiger partial charge in [-0.3, -0.25) is 9.59 Å². The first-order chi connectivity index (χ1) is 19.9. The molecule has 0 aliphatic heterocycles. The molecule has 41 heavy (non-hydrogen) atoms. The molecule has 2 aromatic carbocycles. The van der Waals surface area contributed by atoms with E-state index >= 15 is 0 Å². The lowest BCUT2D eigenvalue weighted by molar-refractivity contribution is -0.141.